The average Bonchev–Trinajstić information content (AvgIpc) is 2.41. The lowest BCUT2D eigenvalue weighted by Crippen LogP contribution is -2.07. The number of pyridine rings is 1. The minimum Gasteiger partial charge on any atom is -0.496 e. The van der Waals surface area contributed by atoms with Crippen molar-refractivity contribution in [2.75, 3.05) is 18.2 Å². The van der Waals surface area contributed by atoms with Gasteiger partial charge in [-0.25, -0.2) is 9.78 Å². The Morgan fingerprint density at radius 3 is 2.75 bits per heavy atom. The lowest BCUT2D eigenvalue weighted by atomic mass is 10.2. The third kappa shape index (κ3) is 2.64. The number of carbonyl (C=O) groups is 1. The Bertz CT molecular complexity index is 656. The summed E-state index contributed by atoms with van der Waals surface area (Å²) in [5.41, 5.74) is 7.63. The van der Waals surface area contributed by atoms with E-state index in [1.807, 2.05) is 19.1 Å². The van der Waals surface area contributed by atoms with Crippen LogP contribution in [0, 0.1) is 6.92 Å². The number of aryl methyl sites for hydroxylation is 1. The van der Waals surface area contributed by atoms with Crippen molar-refractivity contribution in [1.29, 1.82) is 0 Å². The normalized spacial score (nSPS) is 10.1. The highest BCUT2D eigenvalue weighted by Crippen LogP contribution is 2.27. The monoisotopic (exact) mass is 273 g/mol. The quantitative estimate of drug-likeness (QED) is 0.791. The van der Waals surface area contributed by atoms with Crippen molar-refractivity contribution in [1.82, 2.24) is 4.98 Å². The first-order valence-electron chi connectivity index (χ1n) is 5.92. The third-order valence-corrected chi connectivity index (χ3v) is 2.88. The van der Waals surface area contributed by atoms with Crippen LogP contribution in [0.25, 0.3) is 0 Å². The fraction of sp³-hybridized carbons (Fsp3) is 0.143. The molecule has 0 bridgehead atoms. The fourth-order valence-corrected chi connectivity index (χ4v) is 1.85. The Morgan fingerprint density at radius 1 is 1.40 bits per heavy atom. The molecule has 6 nitrogen and oxygen atoms in total. The standard InChI is InChI=1S/C14H15N3O3/c1-8-7-9(3-4-11(8)20-2)17-13-12(15)10(14(18)19)5-6-16-13/h3-7H,15H2,1-2H3,(H,16,17)(H,18,19). The van der Waals surface area contributed by atoms with E-state index in [1.54, 1.807) is 13.2 Å². The smallest absolute Gasteiger partial charge is 0.337 e. The maximum atomic E-state index is 11.0. The van der Waals surface area contributed by atoms with Gasteiger partial charge >= 0.3 is 5.97 Å². The zero-order chi connectivity index (χ0) is 14.7. The van der Waals surface area contributed by atoms with Gasteiger partial charge in [0.1, 0.15) is 5.75 Å². The molecule has 1 aromatic heterocycles. The third-order valence-electron chi connectivity index (χ3n) is 2.88. The van der Waals surface area contributed by atoms with E-state index in [0.29, 0.717) is 5.82 Å². The molecule has 1 aromatic carbocycles. The summed E-state index contributed by atoms with van der Waals surface area (Å²) in [6, 6.07) is 6.85. The predicted molar refractivity (Wildman–Crippen MR) is 76.6 cm³/mol. The molecule has 0 fully saturated rings. The molecule has 0 aliphatic rings. The minimum atomic E-state index is -1.08. The molecule has 4 N–H and O–H groups in total. The Hall–Kier alpha value is -2.76. The van der Waals surface area contributed by atoms with Gasteiger partial charge in [0.15, 0.2) is 5.82 Å². The molecule has 0 atom stereocenters. The Kier molecular flexibility index (Phi) is 3.74. The summed E-state index contributed by atoms with van der Waals surface area (Å²) in [6.07, 6.45) is 1.40. The molecule has 0 saturated heterocycles. The first-order chi connectivity index (χ1) is 9.52. The van der Waals surface area contributed by atoms with Crippen molar-refractivity contribution in [3.63, 3.8) is 0 Å². The number of benzene rings is 1. The topological polar surface area (TPSA) is 97.5 Å². The summed E-state index contributed by atoms with van der Waals surface area (Å²) in [6.45, 7) is 1.91. The number of aromatic nitrogens is 1. The highest BCUT2D eigenvalue weighted by molar-refractivity contribution is 5.96. The van der Waals surface area contributed by atoms with Crippen molar-refractivity contribution in [2.24, 2.45) is 0 Å². The summed E-state index contributed by atoms with van der Waals surface area (Å²) >= 11 is 0. The molecule has 20 heavy (non-hydrogen) atoms. The molecular weight excluding hydrogens is 258 g/mol. The zero-order valence-electron chi connectivity index (χ0n) is 11.2. The number of nitrogens with zero attached hydrogens (tertiary/aromatic N) is 1. The van der Waals surface area contributed by atoms with Crippen molar-refractivity contribution >= 4 is 23.2 Å². The van der Waals surface area contributed by atoms with Gasteiger partial charge in [-0.15, -0.1) is 0 Å². The predicted octanol–water partition coefficient (Wildman–Crippen LogP) is 2.42. The number of nitrogens with two attached hydrogens (primary N) is 1. The van der Waals surface area contributed by atoms with Crippen LogP contribution in [0.5, 0.6) is 5.75 Å². The molecule has 0 saturated carbocycles. The summed E-state index contributed by atoms with van der Waals surface area (Å²) in [5, 5.41) is 12.0. The van der Waals surface area contributed by atoms with E-state index in [9.17, 15) is 4.79 Å². The molecule has 0 aliphatic carbocycles. The van der Waals surface area contributed by atoms with Crippen LogP contribution in [0.3, 0.4) is 0 Å². The van der Waals surface area contributed by atoms with Crippen LogP contribution in [0.15, 0.2) is 30.5 Å². The Balaban J connectivity index is 2.33. The number of methoxy groups -OCH3 is 1. The largest absolute Gasteiger partial charge is 0.496 e. The molecule has 0 aliphatic heterocycles. The van der Waals surface area contributed by atoms with Gasteiger partial charge in [0.2, 0.25) is 0 Å². The highest BCUT2D eigenvalue weighted by Gasteiger charge is 2.12. The lowest BCUT2D eigenvalue weighted by molar-refractivity contribution is 0.0698. The van der Waals surface area contributed by atoms with E-state index < -0.39 is 5.97 Å². The van der Waals surface area contributed by atoms with Gasteiger partial charge in [-0.2, -0.15) is 0 Å². The number of ether oxygens (including phenoxy) is 1. The first kappa shape index (κ1) is 13.7. The fourth-order valence-electron chi connectivity index (χ4n) is 1.85. The van der Waals surface area contributed by atoms with Crippen LogP contribution in [0.2, 0.25) is 0 Å². The Labute approximate surface area is 116 Å². The van der Waals surface area contributed by atoms with E-state index in [0.717, 1.165) is 17.0 Å². The van der Waals surface area contributed by atoms with Crippen LogP contribution in [0.1, 0.15) is 15.9 Å². The molecule has 0 radical (unpaired) electrons. The van der Waals surface area contributed by atoms with Gasteiger partial charge in [0.05, 0.1) is 18.4 Å². The molecule has 6 heteroatoms. The molecule has 0 amide bonds. The van der Waals surface area contributed by atoms with Crippen molar-refractivity contribution in [2.45, 2.75) is 6.92 Å². The summed E-state index contributed by atoms with van der Waals surface area (Å²) in [7, 11) is 1.60. The van der Waals surface area contributed by atoms with Crippen LogP contribution >= 0.6 is 0 Å². The summed E-state index contributed by atoms with van der Waals surface area (Å²) in [5.74, 6) is 0.00379. The van der Waals surface area contributed by atoms with Crippen molar-refractivity contribution < 1.29 is 14.6 Å². The second-order valence-corrected chi connectivity index (χ2v) is 4.24. The SMILES string of the molecule is COc1ccc(Nc2nccc(C(=O)O)c2N)cc1C. The zero-order valence-corrected chi connectivity index (χ0v) is 11.2. The molecule has 2 rings (SSSR count). The molecule has 2 aromatic rings. The van der Waals surface area contributed by atoms with Gasteiger partial charge in [-0.3, -0.25) is 0 Å². The number of hydrogen-bond donors (Lipinski definition) is 3. The molecular formula is C14H15N3O3. The highest BCUT2D eigenvalue weighted by atomic mass is 16.5. The molecule has 0 unspecified atom stereocenters. The maximum Gasteiger partial charge on any atom is 0.337 e. The van der Waals surface area contributed by atoms with Crippen LogP contribution in [0.4, 0.5) is 17.2 Å². The van der Waals surface area contributed by atoms with E-state index in [-0.39, 0.29) is 11.3 Å². The van der Waals surface area contributed by atoms with Gasteiger partial charge < -0.3 is 20.9 Å². The number of nitrogens with one attached hydrogen (secondary N) is 1. The number of nitrogen functional groups attached to an aromatic ring is 1. The van der Waals surface area contributed by atoms with Crippen LogP contribution in [-0.2, 0) is 0 Å². The first-order valence-corrected chi connectivity index (χ1v) is 5.92. The number of carboxylic acids is 1. The number of rotatable bonds is 4. The lowest BCUT2D eigenvalue weighted by Gasteiger charge is -2.12. The van der Waals surface area contributed by atoms with E-state index in [1.165, 1.54) is 12.3 Å². The number of aromatic carboxylic acids is 1. The maximum absolute atomic E-state index is 11.0. The number of hydrogen-bond acceptors (Lipinski definition) is 5. The van der Waals surface area contributed by atoms with E-state index in [2.05, 4.69) is 10.3 Å². The van der Waals surface area contributed by atoms with Crippen LogP contribution < -0.4 is 15.8 Å². The van der Waals surface area contributed by atoms with E-state index in [4.69, 9.17) is 15.6 Å². The molecule has 1 heterocycles. The minimum absolute atomic E-state index is 0.0210. The van der Waals surface area contributed by atoms with Crippen molar-refractivity contribution in [3.8, 4) is 5.75 Å². The average molecular weight is 273 g/mol. The number of anilines is 3. The van der Waals surface area contributed by atoms with Gasteiger partial charge in [-0.05, 0) is 36.8 Å². The second-order valence-electron chi connectivity index (χ2n) is 4.24. The Morgan fingerprint density at radius 2 is 2.15 bits per heavy atom. The van der Waals surface area contributed by atoms with Crippen molar-refractivity contribution in [3.05, 3.63) is 41.6 Å². The summed E-state index contributed by atoms with van der Waals surface area (Å²) < 4.78 is 5.18. The van der Waals surface area contributed by atoms with Gasteiger partial charge in [-0.1, -0.05) is 0 Å². The summed E-state index contributed by atoms with van der Waals surface area (Å²) in [4.78, 5) is 15.1. The van der Waals surface area contributed by atoms with Gasteiger partial charge in [0.25, 0.3) is 0 Å². The second kappa shape index (κ2) is 5.48. The van der Waals surface area contributed by atoms with Gasteiger partial charge in [0, 0.05) is 11.9 Å². The number of carboxylic acid groups (broad SMARTS) is 1. The van der Waals surface area contributed by atoms with Crippen LogP contribution in [-0.4, -0.2) is 23.2 Å². The molecule has 104 valence electrons. The molecule has 0 spiro atoms. The van der Waals surface area contributed by atoms with E-state index >= 15 is 0 Å².